The lowest BCUT2D eigenvalue weighted by atomic mass is 10.1. The molecular weight excluding hydrogens is 272 g/mol. The topological polar surface area (TPSA) is 78.7 Å². The Kier molecular flexibility index (Phi) is 4.82. The molecule has 1 aliphatic rings. The van der Waals surface area contributed by atoms with E-state index < -0.39 is 0 Å². The van der Waals surface area contributed by atoms with E-state index in [-0.39, 0.29) is 11.9 Å². The maximum absolute atomic E-state index is 12.6. The predicted molar refractivity (Wildman–Crippen MR) is 77.2 cm³/mol. The van der Waals surface area contributed by atoms with E-state index in [0.717, 1.165) is 0 Å². The fourth-order valence-corrected chi connectivity index (χ4v) is 2.47. The van der Waals surface area contributed by atoms with Gasteiger partial charge in [0.05, 0.1) is 5.69 Å². The molecule has 0 aliphatic carbocycles. The van der Waals surface area contributed by atoms with Gasteiger partial charge >= 0.3 is 6.03 Å². The number of carbonyl (C=O) groups excluding carboxylic acids is 2. The lowest BCUT2D eigenvalue weighted by Crippen LogP contribution is -2.53. The second-order valence-electron chi connectivity index (χ2n) is 5.03. The molecule has 1 saturated heterocycles. The van der Waals surface area contributed by atoms with Crippen LogP contribution in [-0.4, -0.2) is 59.6 Å². The zero-order valence-corrected chi connectivity index (χ0v) is 12.8. The zero-order chi connectivity index (χ0) is 15.4. The van der Waals surface area contributed by atoms with Gasteiger partial charge in [-0.15, -0.1) is 0 Å². The highest BCUT2D eigenvalue weighted by Gasteiger charge is 2.28. The minimum Gasteiger partial charge on any atom is -0.361 e. The average molecular weight is 294 g/mol. The Morgan fingerprint density at radius 2 is 1.81 bits per heavy atom. The molecule has 2 rings (SSSR count). The first-order chi connectivity index (χ1) is 10.1. The summed E-state index contributed by atoms with van der Waals surface area (Å²) in [6, 6.07) is -0.0694. The van der Waals surface area contributed by atoms with E-state index in [2.05, 4.69) is 10.5 Å². The summed E-state index contributed by atoms with van der Waals surface area (Å²) in [6.07, 6.45) is 0.664. The summed E-state index contributed by atoms with van der Waals surface area (Å²) >= 11 is 0. The number of urea groups is 1. The third-order valence-corrected chi connectivity index (χ3v) is 3.66. The number of rotatable bonds is 3. The predicted octanol–water partition coefficient (Wildman–Crippen LogP) is 1.03. The first-order valence-corrected chi connectivity index (χ1v) is 7.35. The second-order valence-corrected chi connectivity index (χ2v) is 5.03. The van der Waals surface area contributed by atoms with Gasteiger partial charge in [0.15, 0.2) is 0 Å². The molecule has 1 N–H and O–H groups in total. The number of nitrogens with one attached hydrogen (secondary N) is 1. The molecule has 0 unspecified atom stereocenters. The van der Waals surface area contributed by atoms with Crippen LogP contribution < -0.4 is 5.32 Å². The number of aryl methyl sites for hydroxylation is 2. The first kappa shape index (κ1) is 15.3. The molecule has 2 heterocycles. The summed E-state index contributed by atoms with van der Waals surface area (Å²) in [5.74, 6) is 0.504. The van der Waals surface area contributed by atoms with Gasteiger partial charge in [0, 0.05) is 32.7 Å². The summed E-state index contributed by atoms with van der Waals surface area (Å²) in [5.41, 5.74) is 1.27. The molecule has 116 valence electrons. The van der Waals surface area contributed by atoms with Gasteiger partial charge in [-0.25, -0.2) is 4.79 Å². The van der Waals surface area contributed by atoms with Crippen LogP contribution in [0.2, 0.25) is 0 Å². The lowest BCUT2D eigenvalue weighted by Gasteiger charge is -2.34. The molecule has 0 bridgehead atoms. The van der Waals surface area contributed by atoms with E-state index in [0.29, 0.717) is 56.2 Å². The van der Waals surface area contributed by atoms with E-state index in [1.54, 1.807) is 16.7 Å². The molecule has 0 atom stereocenters. The number of nitrogens with zero attached hydrogens (tertiary/aromatic N) is 3. The highest BCUT2D eigenvalue weighted by atomic mass is 16.5. The fraction of sp³-hybridized carbons (Fsp3) is 0.643. The third-order valence-electron chi connectivity index (χ3n) is 3.66. The molecule has 7 nitrogen and oxygen atoms in total. The van der Waals surface area contributed by atoms with Crippen LogP contribution in [0.4, 0.5) is 4.79 Å². The number of carbonyl (C=O) groups is 2. The Morgan fingerprint density at radius 1 is 1.19 bits per heavy atom. The Balaban J connectivity index is 2.00. The van der Waals surface area contributed by atoms with Gasteiger partial charge in [0.2, 0.25) is 0 Å². The fourth-order valence-electron chi connectivity index (χ4n) is 2.47. The van der Waals surface area contributed by atoms with Crippen molar-refractivity contribution in [3.63, 3.8) is 0 Å². The highest BCUT2D eigenvalue weighted by molar-refractivity contribution is 5.96. The standard InChI is InChI=1S/C14H22N4O3/c1-4-11-12(10(3)21-16-11)13(19)17-6-8-18(9-7-17)14(20)15-5-2/h4-9H2,1-3H3,(H,15,20). The normalized spacial score (nSPS) is 15.2. The van der Waals surface area contributed by atoms with Crippen LogP contribution in [0.15, 0.2) is 4.52 Å². The van der Waals surface area contributed by atoms with Crippen molar-refractivity contribution in [3.05, 3.63) is 17.0 Å². The van der Waals surface area contributed by atoms with Crippen molar-refractivity contribution in [3.8, 4) is 0 Å². The summed E-state index contributed by atoms with van der Waals surface area (Å²) in [7, 11) is 0. The molecular formula is C14H22N4O3. The molecule has 0 saturated carbocycles. The Morgan fingerprint density at radius 3 is 2.38 bits per heavy atom. The number of aromatic nitrogens is 1. The summed E-state index contributed by atoms with van der Waals surface area (Å²) in [6.45, 7) is 8.35. The first-order valence-electron chi connectivity index (χ1n) is 7.35. The zero-order valence-electron chi connectivity index (χ0n) is 12.8. The third kappa shape index (κ3) is 3.17. The van der Waals surface area contributed by atoms with Crippen LogP contribution in [0.3, 0.4) is 0 Å². The molecule has 21 heavy (non-hydrogen) atoms. The molecule has 0 spiro atoms. The Bertz CT molecular complexity index is 518. The van der Waals surface area contributed by atoms with Crippen LogP contribution in [0.5, 0.6) is 0 Å². The van der Waals surface area contributed by atoms with Crippen LogP contribution in [0.1, 0.15) is 35.7 Å². The van der Waals surface area contributed by atoms with Crippen molar-refractivity contribution in [1.82, 2.24) is 20.3 Å². The van der Waals surface area contributed by atoms with Gasteiger partial charge < -0.3 is 19.6 Å². The van der Waals surface area contributed by atoms with Gasteiger partial charge in [-0.3, -0.25) is 4.79 Å². The van der Waals surface area contributed by atoms with E-state index in [4.69, 9.17) is 4.52 Å². The Hall–Kier alpha value is -2.05. The SMILES string of the molecule is CCNC(=O)N1CCN(C(=O)c2c(CC)noc2C)CC1. The maximum atomic E-state index is 12.6. The monoisotopic (exact) mass is 294 g/mol. The van der Waals surface area contributed by atoms with Gasteiger partial charge in [0.1, 0.15) is 11.3 Å². The molecule has 0 aromatic carbocycles. The quantitative estimate of drug-likeness (QED) is 0.903. The lowest BCUT2D eigenvalue weighted by molar-refractivity contribution is 0.0662. The number of amides is 3. The van der Waals surface area contributed by atoms with E-state index in [1.807, 2.05) is 13.8 Å². The van der Waals surface area contributed by atoms with Crippen molar-refractivity contribution in [2.24, 2.45) is 0 Å². The molecule has 0 radical (unpaired) electrons. The number of hydrogen-bond donors (Lipinski definition) is 1. The molecule has 3 amide bonds. The van der Waals surface area contributed by atoms with E-state index in [9.17, 15) is 9.59 Å². The van der Waals surface area contributed by atoms with Gasteiger partial charge in [-0.05, 0) is 20.3 Å². The van der Waals surface area contributed by atoms with Crippen LogP contribution in [-0.2, 0) is 6.42 Å². The largest absolute Gasteiger partial charge is 0.361 e. The van der Waals surface area contributed by atoms with Crippen LogP contribution >= 0.6 is 0 Å². The molecule has 7 heteroatoms. The molecule has 1 fully saturated rings. The summed E-state index contributed by atoms with van der Waals surface area (Å²) < 4.78 is 5.12. The minimum atomic E-state index is -0.0694. The van der Waals surface area contributed by atoms with Gasteiger partial charge in [-0.2, -0.15) is 0 Å². The number of piperazine rings is 1. The van der Waals surface area contributed by atoms with Gasteiger partial charge in [-0.1, -0.05) is 12.1 Å². The van der Waals surface area contributed by atoms with E-state index in [1.165, 1.54) is 0 Å². The van der Waals surface area contributed by atoms with Crippen molar-refractivity contribution in [2.75, 3.05) is 32.7 Å². The highest BCUT2D eigenvalue weighted by Crippen LogP contribution is 2.17. The number of hydrogen-bond acceptors (Lipinski definition) is 4. The van der Waals surface area contributed by atoms with Crippen molar-refractivity contribution >= 4 is 11.9 Å². The summed E-state index contributed by atoms with van der Waals surface area (Å²) in [4.78, 5) is 27.8. The van der Waals surface area contributed by atoms with Gasteiger partial charge in [0.25, 0.3) is 5.91 Å². The Labute approximate surface area is 124 Å². The maximum Gasteiger partial charge on any atom is 0.317 e. The van der Waals surface area contributed by atoms with Crippen LogP contribution in [0, 0.1) is 6.92 Å². The second kappa shape index (κ2) is 6.60. The summed E-state index contributed by atoms with van der Waals surface area (Å²) in [5, 5.41) is 6.69. The average Bonchev–Trinajstić information content (AvgIpc) is 2.88. The minimum absolute atomic E-state index is 0.0545. The van der Waals surface area contributed by atoms with Crippen molar-refractivity contribution < 1.29 is 14.1 Å². The molecule has 1 aliphatic heterocycles. The van der Waals surface area contributed by atoms with Crippen molar-refractivity contribution in [1.29, 1.82) is 0 Å². The van der Waals surface area contributed by atoms with Crippen LogP contribution in [0.25, 0.3) is 0 Å². The molecule has 1 aromatic heterocycles. The van der Waals surface area contributed by atoms with Crippen molar-refractivity contribution in [2.45, 2.75) is 27.2 Å². The smallest absolute Gasteiger partial charge is 0.317 e. The molecule has 1 aromatic rings. The van der Waals surface area contributed by atoms with E-state index >= 15 is 0 Å².